The van der Waals surface area contributed by atoms with Crippen molar-refractivity contribution in [3.05, 3.63) is 309 Å². The molecule has 2 aliphatic heterocycles. The SMILES string of the molecule is c1ccc(-c2ccc(N3c4ccc(-c5ccccc5)cc4B4c5cc(-c6ccccc6)ccc5N(c5ccc(-c6ccccc6)cc5)c5c(-c6cccc(-c7ccccc7)n6)cc(-c6cccc(-c7ccccc7)n6)c3c54)cc2)cc1. The number of rotatable bonds is 10. The molecular formula is C76H51BN4. The first-order valence-corrected chi connectivity index (χ1v) is 27.8. The molecule has 2 aliphatic rings. The van der Waals surface area contributed by atoms with Gasteiger partial charge in [0.05, 0.1) is 34.2 Å². The van der Waals surface area contributed by atoms with Gasteiger partial charge in [0.15, 0.2) is 0 Å². The molecule has 0 unspecified atom stereocenters. The van der Waals surface area contributed by atoms with Crippen molar-refractivity contribution < 1.29 is 0 Å². The van der Waals surface area contributed by atoms with E-state index in [-0.39, 0.29) is 6.71 Å². The van der Waals surface area contributed by atoms with Crippen LogP contribution in [0.5, 0.6) is 0 Å². The lowest BCUT2D eigenvalue weighted by Crippen LogP contribution is -2.61. The van der Waals surface area contributed by atoms with E-state index in [0.29, 0.717) is 0 Å². The van der Waals surface area contributed by atoms with Crippen molar-refractivity contribution in [2.75, 3.05) is 9.80 Å². The fourth-order valence-corrected chi connectivity index (χ4v) is 12.3. The molecule has 0 amide bonds. The van der Waals surface area contributed by atoms with Crippen LogP contribution in [-0.4, -0.2) is 16.7 Å². The molecule has 81 heavy (non-hydrogen) atoms. The number of hydrogen-bond acceptors (Lipinski definition) is 4. The second kappa shape index (κ2) is 20.3. The predicted molar refractivity (Wildman–Crippen MR) is 340 cm³/mol. The van der Waals surface area contributed by atoms with Crippen LogP contribution in [-0.2, 0) is 0 Å². The van der Waals surface area contributed by atoms with Gasteiger partial charge in [-0.3, -0.25) is 0 Å². The van der Waals surface area contributed by atoms with Crippen molar-refractivity contribution in [3.63, 3.8) is 0 Å². The average Bonchev–Trinajstić information content (AvgIpc) is 3.34. The topological polar surface area (TPSA) is 32.3 Å². The first kappa shape index (κ1) is 47.6. The van der Waals surface area contributed by atoms with E-state index in [9.17, 15) is 0 Å². The number of benzene rings is 11. The summed E-state index contributed by atoms with van der Waals surface area (Å²) in [4.78, 5) is 16.4. The molecule has 0 saturated heterocycles. The van der Waals surface area contributed by atoms with Gasteiger partial charge in [-0.15, -0.1) is 0 Å². The van der Waals surface area contributed by atoms with Gasteiger partial charge in [0.2, 0.25) is 0 Å². The van der Waals surface area contributed by atoms with Gasteiger partial charge >= 0.3 is 0 Å². The normalized spacial score (nSPS) is 12.1. The summed E-state index contributed by atoms with van der Waals surface area (Å²) in [5.74, 6) is 0. The van der Waals surface area contributed by atoms with Gasteiger partial charge in [-0.25, -0.2) is 9.97 Å². The van der Waals surface area contributed by atoms with Crippen molar-refractivity contribution in [3.8, 4) is 89.5 Å². The summed E-state index contributed by atoms with van der Waals surface area (Å²) in [5.41, 5.74) is 27.0. The van der Waals surface area contributed by atoms with Crippen molar-refractivity contribution >= 4 is 57.2 Å². The summed E-state index contributed by atoms with van der Waals surface area (Å²) in [6, 6.07) is 112. The van der Waals surface area contributed by atoms with Crippen LogP contribution in [0.25, 0.3) is 89.5 Å². The van der Waals surface area contributed by atoms with Crippen LogP contribution in [0, 0.1) is 0 Å². The number of anilines is 6. The third-order valence-electron chi connectivity index (χ3n) is 16.1. The molecule has 4 heterocycles. The number of pyridine rings is 2. The van der Waals surface area contributed by atoms with Gasteiger partial charge in [-0.1, -0.05) is 243 Å². The molecule has 0 fully saturated rings. The molecule has 4 nitrogen and oxygen atoms in total. The summed E-state index contributed by atoms with van der Waals surface area (Å²) in [6.45, 7) is -0.250. The molecule has 0 spiro atoms. The maximum Gasteiger partial charge on any atom is 0.252 e. The zero-order valence-electron chi connectivity index (χ0n) is 44.3. The highest BCUT2D eigenvalue weighted by atomic mass is 15.2. The van der Waals surface area contributed by atoms with Gasteiger partial charge in [-0.05, 0) is 128 Å². The highest BCUT2D eigenvalue weighted by Crippen LogP contribution is 2.52. The highest BCUT2D eigenvalue weighted by Gasteiger charge is 2.46. The fraction of sp³-hybridized carbons (Fsp3) is 0. The Bertz CT molecular complexity index is 4140. The number of aromatic nitrogens is 2. The molecule has 378 valence electrons. The molecule has 11 aromatic carbocycles. The van der Waals surface area contributed by atoms with Crippen LogP contribution in [0.15, 0.2) is 309 Å². The van der Waals surface area contributed by atoms with Crippen molar-refractivity contribution in [2.45, 2.75) is 0 Å². The van der Waals surface area contributed by atoms with Crippen LogP contribution in [0.3, 0.4) is 0 Å². The zero-order valence-corrected chi connectivity index (χ0v) is 44.3. The Morgan fingerprint density at radius 1 is 0.235 bits per heavy atom. The van der Waals surface area contributed by atoms with E-state index in [4.69, 9.17) is 9.97 Å². The first-order chi connectivity index (χ1) is 40.2. The fourth-order valence-electron chi connectivity index (χ4n) is 12.3. The first-order valence-electron chi connectivity index (χ1n) is 27.8. The van der Waals surface area contributed by atoms with E-state index in [2.05, 4.69) is 319 Å². The largest absolute Gasteiger partial charge is 0.311 e. The molecule has 2 aromatic heterocycles. The molecule has 0 aliphatic carbocycles. The van der Waals surface area contributed by atoms with Gasteiger partial charge in [0.25, 0.3) is 6.71 Å². The molecule has 0 bridgehead atoms. The second-order valence-corrected chi connectivity index (χ2v) is 20.8. The van der Waals surface area contributed by atoms with Gasteiger partial charge in [0.1, 0.15) is 0 Å². The van der Waals surface area contributed by atoms with Crippen LogP contribution in [0.1, 0.15) is 0 Å². The lowest BCUT2D eigenvalue weighted by Gasteiger charge is -2.46. The van der Waals surface area contributed by atoms with Crippen molar-refractivity contribution in [2.24, 2.45) is 0 Å². The minimum Gasteiger partial charge on any atom is -0.311 e. The van der Waals surface area contributed by atoms with Crippen molar-refractivity contribution in [1.29, 1.82) is 0 Å². The molecule has 0 atom stereocenters. The number of hydrogen-bond donors (Lipinski definition) is 0. The summed E-state index contributed by atoms with van der Waals surface area (Å²) < 4.78 is 0. The lowest BCUT2D eigenvalue weighted by atomic mass is 9.33. The Kier molecular flexibility index (Phi) is 11.9. The molecule has 0 N–H and O–H groups in total. The average molecular weight is 1030 g/mol. The Labute approximate surface area is 473 Å². The van der Waals surface area contributed by atoms with E-state index in [1.54, 1.807) is 0 Å². The quantitative estimate of drug-likeness (QED) is 0.128. The molecule has 5 heteroatoms. The highest BCUT2D eigenvalue weighted by molar-refractivity contribution is 7.00. The minimum absolute atomic E-state index is 0.250. The van der Waals surface area contributed by atoms with E-state index in [1.807, 2.05) is 0 Å². The second-order valence-electron chi connectivity index (χ2n) is 20.8. The van der Waals surface area contributed by atoms with E-state index < -0.39 is 0 Å². The summed E-state index contributed by atoms with van der Waals surface area (Å²) >= 11 is 0. The minimum atomic E-state index is -0.250. The Balaban J connectivity index is 1.10. The Morgan fingerprint density at radius 2 is 0.531 bits per heavy atom. The third-order valence-corrected chi connectivity index (χ3v) is 16.1. The van der Waals surface area contributed by atoms with Gasteiger partial charge < -0.3 is 9.80 Å². The van der Waals surface area contributed by atoms with Crippen LogP contribution in [0.2, 0.25) is 0 Å². The van der Waals surface area contributed by atoms with Crippen LogP contribution < -0.4 is 26.2 Å². The maximum atomic E-state index is 5.66. The summed E-state index contributed by atoms with van der Waals surface area (Å²) in [6.07, 6.45) is 0. The summed E-state index contributed by atoms with van der Waals surface area (Å²) in [7, 11) is 0. The van der Waals surface area contributed by atoms with E-state index >= 15 is 0 Å². The molecule has 0 radical (unpaired) electrons. The maximum absolute atomic E-state index is 5.66. The predicted octanol–water partition coefficient (Wildman–Crippen LogP) is 17.9. The molecule has 13 aromatic rings. The zero-order chi connectivity index (χ0) is 53.6. The van der Waals surface area contributed by atoms with E-state index in [0.717, 1.165) is 113 Å². The molecular weight excluding hydrogens is 980 g/mol. The van der Waals surface area contributed by atoms with Crippen LogP contribution in [0.4, 0.5) is 34.1 Å². The van der Waals surface area contributed by atoms with Gasteiger partial charge in [-0.2, -0.15) is 0 Å². The van der Waals surface area contributed by atoms with Crippen molar-refractivity contribution in [1.82, 2.24) is 9.97 Å². The number of fused-ring (bicyclic) bond motifs is 4. The Morgan fingerprint density at radius 3 is 0.889 bits per heavy atom. The monoisotopic (exact) mass is 1030 g/mol. The van der Waals surface area contributed by atoms with Crippen LogP contribution >= 0.6 is 0 Å². The summed E-state index contributed by atoms with van der Waals surface area (Å²) in [5, 5.41) is 0. The molecule has 0 saturated carbocycles. The number of nitrogens with zero attached hydrogens (tertiary/aromatic N) is 4. The van der Waals surface area contributed by atoms with Gasteiger partial charge in [0, 0.05) is 45.0 Å². The molecule has 15 rings (SSSR count). The smallest absolute Gasteiger partial charge is 0.252 e. The standard InChI is InChI=1S/C76H51BN4/c1-7-21-52(22-8-1)56-37-43-62(44-38-56)80-72-47-41-60(54-25-11-3-12-26-54)49-66(72)77-67-50-61(55-27-13-4-14-28-55)42-48-73(67)81(63-45-39-57(40-46-63)53-23-9-2-10-24-53)76-65(71-36-20-34-69(79-71)59-31-17-6-18-32-59)51-64(75(80)74(76)77)70-35-19-33-68(78-70)58-29-15-5-16-30-58/h1-51H. The Hall–Kier alpha value is -10.6. The lowest BCUT2D eigenvalue weighted by molar-refractivity contribution is 1.23. The third kappa shape index (κ3) is 8.60. The van der Waals surface area contributed by atoms with E-state index in [1.165, 1.54) is 27.5 Å².